The van der Waals surface area contributed by atoms with E-state index in [9.17, 15) is 14.4 Å². The van der Waals surface area contributed by atoms with Crippen molar-refractivity contribution in [2.24, 2.45) is 5.92 Å². The van der Waals surface area contributed by atoms with E-state index in [4.69, 9.17) is 16.3 Å². The SMILES string of the molecule is CCC(Oc1ccc(Cl)cc1)C(=O)C1C(=O)c2ccccc2C1=O. The summed E-state index contributed by atoms with van der Waals surface area (Å²) in [5, 5.41) is 0.554. The van der Waals surface area contributed by atoms with Crippen molar-refractivity contribution >= 4 is 29.0 Å². The molecule has 0 amide bonds. The summed E-state index contributed by atoms with van der Waals surface area (Å²) in [7, 11) is 0. The zero-order valence-electron chi connectivity index (χ0n) is 13.0. The highest BCUT2D eigenvalue weighted by atomic mass is 35.5. The van der Waals surface area contributed by atoms with E-state index in [2.05, 4.69) is 0 Å². The van der Waals surface area contributed by atoms with Crippen molar-refractivity contribution in [2.45, 2.75) is 19.4 Å². The van der Waals surface area contributed by atoms with E-state index in [1.807, 2.05) is 0 Å². The fourth-order valence-electron chi connectivity index (χ4n) is 2.81. The van der Waals surface area contributed by atoms with Crippen molar-refractivity contribution in [2.75, 3.05) is 0 Å². The number of rotatable bonds is 5. The third kappa shape index (κ3) is 2.85. The van der Waals surface area contributed by atoms with E-state index in [1.54, 1.807) is 55.5 Å². The van der Waals surface area contributed by atoms with E-state index >= 15 is 0 Å². The first-order chi connectivity index (χ1) is 11.5. The van der Waals surface area contributed by atoms with Crippen molar-refractivity contribution in [3.63, 3.8) is 0 Å². The van der Waals surface area contributed by atoms with Crippen LogP contribution in [0.3, 0.4) is 0 Å². The van der Waals surface area contributed by atoms with Gasteiger partial charge in [-0.1, -0.05) is 42.8 Å². The maximum absolute atomic E-state index is 12.7. The monoisotopic (exact) mass is 342 g/mol. The van der Waals surface area contributed by atoms with Gasteiger partial charge in [-0.25, -0.2) is 0 Å². The Balaban J connectivity index is 1.83. The molecule has 0 radical (unpaired) electrons. The molecule has 1 aliphatic rings. The van der Waals surface area contributed by atoms with Crippen LogP contribution in [0.15, 0.2) is 48.5 Å². The van der Waals surface area contributed by atoms with Gasteiger partial charge in [0, 0.05) is 16.1 Å². The molecule has 0 saturated carbocycles. The summed E-state index contributed by atoms with van der Waals surface area (Å²) in [6.45, 7) is 1.77. The molecule has 4 nitrogen and oxygen atoms in total. The van der Waals surface area contributed by atoms with Gasteiger partial charge in [-0.05, 0) is 30.7 Å². The second-order valence-electron chi connectivity index (χ2n) is 5.58. The molecular weight excluding hydrogens is 328 g/mol. The number of hydrogen-bond donors (Lipinski definition) is 0. The highest BCUT2D eigenvalue weighted by molar-refractivity contribution is 6.36. The summed E-state index contributed by atoms with van der Waals surface area (Å²) in [5.41, 5.74) is 0.615. The Hall–Kier alpha value is -2.46. The first-order valence-corrected chi connectivity index (χ1v) is 8.04. The van der Waals surface area contributed by atoms with Crippen LogP contribution in [0.4, 0.5) is 0 Å². The molecule has 2 aromatic rings. The van der Waals surface area contributed by atoms with Crippen LogP contribution in [0.5, 0.6) is 5.75 Å². The molecule has 1 aliphatic carbocycles. The Kier molecular flexibility index (Phi) is 4.49. The van der Waals surface area contributed by atoms with Gasteiger partial charge in [0.2, 0.25) is 0 Å². The van der Waals surface area contributed by atoms with Crippen LogP contribution in [0.25, 0.3) is 0 Å². The summed E-state index contributed by atoms with van der Waals surface area (Å²) in [6, 6.07) is 13.1. The lowest BCUT2D eigenvalue weighted by Crippen LogP contribution is -2.37. The third-order valence-electron chi connectivity index (χ3n) is 4.05. The average molecular weight is 343 g/mol. The highest BCUT2D eigenvalue weighted by Gasteiger charge is 2.45. The van der Waals surface area contributed by atoms with Gasteiger partial charge < -0.3 is 4.74 Å². The lowest BCUT2D eigenvalue weighted by Gasteiger charge is -2.18. The number of carbonyl (C=O) groups is 3. The Morgan fingerprint density at radius 2 is 1.58 bits per heavy atom. The van der Waals surface area contributed by atoms with Crippen LogP contribution in [-0.2, 0) is 4.79 Å². The molecule has 2 aromatic carbocycles. The van der Waals surface area contributed by atoms with Gasteiger partial charge in [0.05, 0.1) is 0 Å². The molecular formula is C19H15ClO4. The van der Waals surface area contributed by atoms with Gasteiger partial charge in [-0.2, -0.15) is 0 Å². The van der Waals surface area contributed by atoms with Crippen molar-refractivity contribution in [1.82, 2.24) is 0 Å². The zero-order chi connectivity index (χ0) is 17.3. The summed E-state index contributed by atoms with van der Waals surface area (Å²) in [5.74, 6) is -2.23. The Morgan fingerprint density at radius 1 is 1.04 bits per heavy atom. The number of carbonyl (C=O) groups excluding carboxylic acids is 3. The molecule has 5 heteroatoms. The van der Waals surface area contributed by atoms with E-state index in [1.165, 1.54) is 0 Å². The summed E-state index contributed by atoms with van der Waals surface area (Å²) in [6.07, 6.45) is -0.507. The molecule has 0 saturated heterocycles. The number of ether oxygens (including phenoxy) is 1. The lowest BCUT2D eigenvalue weighted by atomic mass is 9.93. The number of fused-ring (bicyclic) bond motifs is 1. The van der Waals surface area contributed by atoms with Crippen molar-refractivity contribution in [1.29, 1.82) is 0 Å². The van der Waals surface area contributed by atoms with Gasteiger partial charge >= 0.3 is 0 Å². The van der Waals surface area contributed by atoms with Crippen molar-refractivity contribution in [3.05, 3.63) is 64.7 Å². The first-order valence-electron chi connectivity index (χ1n) is 7.66. The lowest BCUT2D eigenvalue weighted by molar-refractivity contribution is -0.127. The van der Waals surface area contributed by atoms with E-state index in [0.717, 1.165) is 0 Å². The van der Waals surface area contributed by atoms with Crippen LogP contribution in [-0.4, -0.2) is 23.5 Å². The molecule has 0 spiro atoms. The van der Waals surface area contributed by atoms with Gasteiger partial charge in [0.15, 0.2) is 23.5 Å². The largest absolute Gasteiger partial charge is 0.483 e. The molecule has 0 heterocycles. The van der Waals surface area contributed by atoms with Crippen LogP contribution in [0, 0.1) is 5.92 Å². The standard InChI is InChI=1S/C19H15ClO4/c1-2-15(24-12-9-7-11(20)8-10-12)19(23)16-17(21)13-5-3-4-6-14(13)18(16)22/h3-10,15-16H,2H2,1H3. The summed E-state index contributed by atoms with van der Waals surface area (Å²) in [4.78, 5) is 37.6. The molecule has 0 fully saturated rings. The smallest absolute Gasteiger partial charge is 0.191 e. The quantitative estimate of drug-likeness (QED) is 0.776. The molecule has 122 valence electrons. The molecule has 0 bridgehead atoms. The Morgan fingerprint density at radius 3 is 2.08 bits per heavy atom. The maximum Gasteiger partial charge on any atom is 0.191 e. The molecule has 0 aliphatic heterocycles. The normalized spacial score (nSPS) is 15.2. The van der Waals surface area contributed by atoms with Crippen LogP contribution < -0.4 is 4.74 Å². The number of Topliss-reactive ketones (excluding diaryl/α,β-unsaturated/α-hetero) is 3. The summed E-state index contributed by atoms with van der Waals surface area (Å²) >= 11 is 5.83. The van der Waals surface area contributed by atoms with Crippen LogP contribution in [0.2, 0.25) is 5.02 Å². The fourth-order valence-corrected chi connectivity index (χ4v) is 2.93. The Labute approximate surface area is 144 Å². The fraction of sp³-hybridized carbons (Fsp3) is 0.211. The second kappa shape index (κ2) is 6.57. The molecule has 24 heavy (non-hydrogen) atoms. The predicted molar refractivity (Wildman–Crippen MR) is 89.8 cm³/mol. The van der Waals surface area contributed by atoms with E-state index in [-0.39, 0.29) is 0 Å². The van der Waals surface area contributed by atoms with Crippen LogP contribution >= 0.6 is 11.6 Å². The minimum absolute atomic E-state index is 0.308. The number of ketones is 3. The maximum atomic E-state index is 12.7. The second-order valence-corrected chi connectivity index (χ2v) is 6.01. The number of hydrogen-bond acceptors (Lipinski definition) is 4. The molecule has 1 unspecified atom stereocenters. The summed E-state index contributed by atoms with van der Waals surface area (Å²) < 4.78 is 5.68. The first kappa shape index (κ1) is 16.4. The third-order valence-corrected chi connectivity index (χ3v) is 4.30. The van der Waals surface area contributed by atoms with Gasteiger partial charge in [-0.15, -0.1) is 0 Å². The minimum atomic E-state index is -1.31. The molecule has 3 rings (SSSR count). The molecule has 0 N–H and O–H groups in total. The van der Waals surface area contributed by atoms with Gasteiger partial charge in [0.25, 0.3) is 0 Å². The Bertz CT molecular complexity index is 775. The molecule has 1 atom stereocenters. The average Bonchev–Trinajstić information content (AvgIpc) is 2.85. The zero-order valence-corrected chi connectivity index (χ0v) is 13.7. The number of halogens is 1. The predicted octanol–water partition coefficient (Wildman–Crippen LogP) is 3.76. The topological polar surface area (TPSA) is 60.4 Å². The van der Waals surface area contributed by atoms with Crippen molar-refractivity contribution in [3.8, 4) is 5.75 Å². The van der Waals surface area contributed by atoms with E-state index in [0.29, 0.717) is 28.3 Å². The minimum Gasteiger partial charge on any atom is -0.483 e. The van der Waals surface area contributed by atoms with Gasteiger partial charge in [0.1, 0.15) is 11.7 Å². The van der Waals surface area contributed by atoms with E-state index < -0.39 is 29.4 Å². The van der Waals surface area contributed by atoms with Crippen molar-refractivity contribution < 1.29 is 19.1 Å². The molecule has 0 aromatic heterocycles. The van der Waals surface area contributed by atoms with Crippen LogP contribution in [0.1, 0.15) is 34.1 Å². The van der Waals surface area contributed by atoms with Gasteiger partial charge in [-0.3, -0.25) is 14.4 Å². The highest BCUT2D eigenvalue weighted by Crippen LogP contribution is 2.29. The number of benzene rings is 2.